The highest BCUT2D eigenvalue weighted by Gasteiger charge is 2.06. The number of hydrogen-bond donors (Lipinski definition) is 3. The third-order valence-corrected chi connectivity index (χ3v) is 4.65. The Labute approximate surface area is 142 Å². The predicted octanol–water partition coefficient (Wildman–Crippen LogP) is 2.44. The van der Waals surface area contributed by atoms with Crippen molar-refractivity contribution in [3.05, 3.63) is 59.2 Å². The van der Waals surface area contributed by atoms with Gasteiger partial charge in [-0.15, -0.1) is 0 Å². The molecule has 0 fully saturated rings. The minimum Gasteiger partial charge on any atom is -0.358 e. The summed E-state index contributed by atoms with van der Waals surface area (Å²) in [6.45, 7) is 4.59. The third kappa shape index (κ3) is 5.02. The summed E-state index contributed by atoms with van der Waals surface area (Å²) in [5.41, 5.74) is 4.25. The minimum atomic E-state index is -3.66. The van der Waals surface area contributed by atoms with E-state index in [9.17, 15) is 8.42 Å². The summed E-state index contributed by atoms with van der Waals surface area (Å²) in [6, 6.07) is 12.4. The molecule has 0 bridgehead atoms. The van der Waals surface area contributed by atoms with Crippen molar-refractivity contribution in [3.8, 4) is 0 Å². The second-order valence-corrected chi connectivity index (χ2v) is 7.27. The number of primary sulfonamides is 1. The Morgan fingerprint density at radius 1 is 1.09 bits per heavy atom. The zero-order valence-corrected chi connectivity index (χ0v) is 14.6. The number of sulfonamides is 1. The molecule has 2 aromatic rings. The van der Waals surface area contributed by atoms with Gasteiger partial charge in [0.25, 0.3) is 0 Å². The van der Waals surface area contributed by atoms with Crippen molar-refractivity contribution in [2.75, 3.05) is 5.32 Å². The largest absolute Gasteiger partial charge is 0.358 e. The number of nitrogens with one attached hydrogen (secondary N) is 2. The van der Waals surface area contributed by atoms with E-state index in [0.717, 1.165) is 11.3 Å². The van der Waals surface area contributed by atoms with Gasteiger partial charge in [-0.3, -0.25) is 0 Å². The molecule has 7 heteroatoms. The lowest BCUT2D eigenvalue weighted by atomic mass is 10.1. The average molecular weight is 349 g/mol. The van der Waals surface area contributed by atoms with Crippen LogP contribution in [0, 0.1) is 13.8 Å². The van der Waals surface area contributed by atoms with E-state index in [4.69, 9.17) is 17.4 Å². The van der Waals surface area contributed by atoms with Crippen LogP contribution >= 0.6 is 12.2 Å². The molecule has 0 unspecified atom stereocenters. The van der Waals surface area contributed by atoms with Gasteiger partial charge in [0.05, 0.1) is 4.90 Å². The van der Waals surface area contributed by atoms with Crippen LogP contribution in [0.4, 0.5) is 5.69 Å². The number of anilines is 1. The maximum Gasteiger partial charge on any atom is 0.238 e. The first-order valence-corrected chi connectivity index (χ1v) is 8.95. The number of aryl methyl sites for hydroxylation is 2. The third-order valence-electron chi connectivity index (χ3n) is 3.47. The molecule has 122 valence electrons. The number of nitrogens with two attached hydrogens (primary N) is 1. The van der Waals surface area contributed by atoms with Gasteiger partial charge in [-0.25, -0.2) is 13.6 Å². The zero-order valence-electron chi connectivity index (χ0n) is 13.0. The van der Waals surface area contributed by atoms with Gasteiger partial charge in [0.15, 0.2) is 5.11 Å². The molecule has 2 rings (SSSR count). The van der Waals surface area contributed by atoms with Gasteiger partial charge < -0.3 is 10.6 Å². The Balaban J connectivity index is 1.92. The molecule has 0 spiro atoms. The fourth-order valence-electron chi connectivity index (χ4n) is 1.97. The Morgan fingerprint density at radius 3 is 2.30 bits per heavy atom. The lowest BCUT2D eigenvalue weighted by Gasteiger charge is -2.12. The van der Waals surface area contributed by atoms with Crippen LogP contribution in [0.25, 0.3) is 0 Å². The summed E-state index contributed by atoms with van der Waals surface area (Å²) in [6.07, 6.45) is 0. The standard InChI is InChI=1S/C16H19N3O2S2/c1-11-3-6-14(9-12(11)2)19-16(22)18-10-13-4-7-15(8-5-13)23(17,20)21/h3-9H,10H2,1-2H3,(H2,17,20,21)(H2,18,19,22). The molecule has 0 atom stereocenters. The molecular formula is C16H19N3O2S2. The highest BCUT2D eigenvalue weighted by atomic mass is 32.2. The normalized spacial score (nSPS) is 11.1. The maximum absolute atomic E-state index is 11.2. The smallest absolute Gasteiger partial charge is 0.238 e. The number of hydrogen-bond acceptors (Lipinski definition) is 3. The lowest BCUT2D eigenvalue weighted by Crippen LogP contribution is -2.27. The Hall–Kier alpha value is -1.96. The van der Waals surface area contributed by atoms with E-state index in [0.29, 0.717) is 11.7 Å². The lowest BCUT2D eigenvalue weighted by molar-refractivity contribution is 0.597. The highest BCUT2D eigenvalue weighted by Crippen LogP contribution is 2.14. The molecule has 0 saturated carbocycles. The van der Waals surface area contributed by atoms with E-state index >= 15 is 0 Å². The second kappa shape index (κ2) is 7.08. The van der Waals surface area contributed by atoms with E-state index < -0.39 is 10.0 Å². The summed E-state index contributed by atoms with van der Waals surface area (Å²) in [5.74, 6) is 0. The molecule has 5 nitrogen and oxygen atoms in total. The van der Waals surface area contributed by atoms with Crippen LogP contribution in [0.15, 0.2) is 47.4 Å². The van der Waals surface area contributed by atoms with E-state index in [2.05, 4.69) is 17.6 Å². The zero-order chi connectivity index (χ0) is 17.0. The van der Waals surface area contributed by atoms with Crippen molar-refractivity contribution in [3.63, 3.8) is 0 Å². The van der Waals surface area contributed by atoms with Crippen LogP contribution in [-0.2, 0) is 16.6 Å². The predicted molar refractivity (Wildman–Crippen MR) is 96.8 cm³/mol. The van der Waals surface area contributed by atoms with Gasteiger partial charge in [0.2, 0.25) is 10.0 Å². The van der Waals surface area contributed by atoms with Crippen molar-refractivity contribution in [1.82, 2.24) is 5.32 Å². The van der Waals surface area contributed by atoms with E-state index in [1.54, 1.807) is 12.1 Å². The van der Waals surface area contributed by atoms with Gasteiger partial charge >= 0.3 is 0 Å². The van der Waals surface area contributed by atoms with E-state index in [-0.39, 0.29) is 4.90 Å². The van der Waals surface area contributed by atoms with Crippen LogP contribution in [0.5, 0.6) is 0 Å². The van der Waals surface area contributed by atoms with Crippen LogP contribution < -0.4 is 15.8 Å². The first-order chi connectivity index (χ1) is 10.8. The quantitative estimate of drug-likeness (QED) is 0.738. The Morgan fingerprint density at radius 2 is 1.74 bits per heavy atom. The fourth-order valence-corrected chi connectivity index (χ4v) is 2.68. The Kier molecular flexibility index (Phi) is 5.35. The summed E-state index contributed by atoms with van der Waals surface area (Å²) in [4.78, 5) is 0.0945. The van der Waals surface area contributed by atoms with Crippen molar-refractivity contribution in [1.29, 1.82) is 0 Å². The molecule has 2 aromatic carbocycles. The fraction of sp³-hybridized carbons (Fsp3) is 0.188. The van der Waals surface area contributed by atoms with Crippen LogP contribution in [0.1, 0.15) is 16.7 Å². The molecule has 23 heavy (non-hydrogen) atoms. The first kappa shape index (κ1) is 17.4. The van der Waals surface area contributed by atoms with Crippen LogP contribution in [0.3, 0.4) is 0 Å². The SMILES string of the molecule is Cc1ccc(NC(=S)NCc2ccc(S(N)(=O)=O)cc2)cc1C. The van der Waals surface area contributed by atoms with Gasteiger partial charge in [-0.05, 0) is 67.0 Å². The second-order valence-electron chi connectivity index (χ2n) is 5.30. The summed E-state index contributed by atoms with van der Waals surface area (Å²) in [5, 5.41) is 11.8. The monoisotopic (exact) mass is 349 g/mol. The minimum absolute atomic E-state index is 0.0945. The van der Waals surface area contributed by atoms with E-state index in [1.807, 2.05) is 25.1 Å². The van der Waals surface area contributed by atoms with E-state index in [1.165, 1.54) is 23.3 Å². The summed E-state index contributed by atoms with van der Waals surface area (Å²) >= 11 is 5.26. The average Bonchev–Trinajstić information content (AvgIpc) is 2.48. The summed E-state index contributed by atoms with van der Waals surface area (Å²) < 4.78 is 22.4. The van der Waals surface area contributed by atoms with Crippen molar-refractivity contribution < 1.29 is 8.42 Å². The Bertz CT molecular complexity index is 816. The van der Waals surface area contributed by atoms with Gasteiger partial charge in [0, 0.05) is 12.2 Å². The molecule has 0 aliphatic carbocycles. The van der Waals surface area contributed by atoms with Crippen LogP contribution in [-0.4, -0.2) is 13.5 Å². The van der Waals surface area contributed by atoms with Gasteiger partial charge in [0.1, 0.15) is 0 Å². The molecule has 0 aliphatic rings. The molecule has 0 amide bonds. The van der Waals surface area contributed by atoms with Gasteiger partial charge in [-0.2, -0.15) is 0 Å². The van der Waals surface area contributed by atoms with Crippen molar-refractivity contribution >= 4 is 33.0 Å². The molecule has 0 radical (unpaired) electrons. The highest BCUT2D eigenvalue weighted by molar-refractivity contribution is 7.89. The van der Waals surface area contributed by atoms with Crippen molar-refractivity contribution in [2.45, 2.75) is 25.3 Å². The molecule has 0 aromatic heterocycles. The maximum atomic E-state index is 11.2. The topological polar surface area (TPSA) is 84.2 Å². The molecule has 0 heterocycles. The first-order valence-electron chi connectivity index (χ1n) is 6.99. The number of thiocarbonyl (C=S) groups is 1. The van der Waals surface area contributed by atoms with Gasteiger partial charge in [-0.1, -0.05) is 18.2 Å². The van der Waals surface area contributed by atoms with Crippen molar-refractivity contribution in [2.24, 2.45) is 5.14 Å². The number of benzene rings is 2. The van der Waals surface area contributed by atoms with Crippen LogP contribution in [0.2, 0.25) is 0 Å². The molecule has 0 aliphatic heterocycles. The summed E-state index contributed by atoms with van der Waals surface area (Å²) in [7, 11) is -3.66. The molecule has 4 N–H and O–H groups in total. The number of rotatable bonds is 4. The molecule has 0 saturated heterocycles. The molecular weight excluding hydrogens is 330 g/mol.